The minimum Gasteiger partial charge on any atom is -0.327 e. The van der Waals surface area contributed by atoms with E-state index < -0.39 is 50.9 Å². The van der Waals surface area contributed by atoms with Crippen molar-refractivity contribution in [3.63, 3.8) is 0 Å². The molecule has 30 heavy (non-hydrogen) atoms. The third-order valence-electron chi connectivity index (χ3n) is 4.13. The van der Waals surface area contributed by atoms with Gasteiger partial charge < -0.3 is 4.57 Å². The number of halogens is 7. The number of nitrogens with zero attached hydrogens (tertiary/aromatic N) is 1. The first-order chi connectivity index (χ1) is 13.9. The summed E-state index contributed by atoms with van der Waals surface area (Å²) in [6.45, 7) is 3.70. The number of terminal acetylenes is 1. The second-order valence-electron chi connectivity index (χ2n) is 6.08. The van der Waals surface area contributed by atoms with Crippen LogP contribution < -0.4 is 4.89 Å². The topological polar surface area (TPSA) is 40.5 Å². The Morgan fingerprint density at radius 3 is 2.33 bits per heavy atom. The molecule has 4 nitrogen and oxygen atoms in total. The molecule has 2 aromatic rings. The molecule has 0 saturated carbocycles. The molecule has 0 saturated heterocycles. The highest BCUT2D eigenvalue weighted by Gasteiger charge is 2.41. The van der Waals surface area contributed by atoms with Gasteiger partial charge in [-0.05, 0) is 19.9 Å². The minimum absolute atomic E-state index is 0.187. The summed E-state index contributed by atoms with van der Waals surface area (Å²) >= 11 is 18.3. The third kappa shape index (κ3) is 4.34. The Morgan fingerprint density at radius 1 is 1.30 bits per heavy atom. The number of alkyl halides is 3. The zero-order valence-electron chi connectivity index (χ0n) is 15.8. The maximum Gasteiger partial charge on any atom is 0.432 e. The molecule has 1 heterocycles. The summed E-state index contributed by atoms with van der Waals surface area (Å²) in [7, 11) is 0. The third-order valence-corrected chi connectivity index (χ3v) is 5.28. The van der Waals surface area contributed by atoms with Gasteiger partial charge in [-0.3, -0.25) is 9.78 Å². The summed E-state index contributed by atoms with van der Waals surface area (Å²) in [5.74, 6) is -0.879. The number of carbonyl (C=O) groups excluding carboxylic acids is 1. The number of hydrogen-bond acceptors (Lipinski definition) is 3. The molecule has 0 radical (unpaired) electrons. The van der Waals surface area contributed by atoms with Gasteiger partial charge in [0.2, 0.25) is 0 Å². The van der Waals surface area contributed by atoms with Gasteiger partial charge in [-0.25, -0.2) is 9.18 Å². The second kappa shape index (κ2) is 8.96. The molecule has 0 fully saturated rings. The zero-order chi connectivity index (χ0) is 23.0. The van der Waals surface area contributed by atoms with Crippen LogP contribution in [0.2, 0.25) is 15.2 Å². The molecule has 162 valence electrons. The van der Waals surface area contributed by atoms with E-state index in [1.165, 1.54) is 13.8 Å². The predicted octanol–water partition coefficient (Wildman–Crippen LogP) is 6.89. The minimum atomic E-state index is -4.86. The van der Waals surface area contributed by atoms with Gasteiger partial charge in [0, 0.05) is 36.1 Å². The standard InChI is InChI=1S/C19H14Cl3F4NO3/c1-5-8(3)12-14(20)11(30-29-9(4)28)7-10(16(12)23)13-15(21)17(19(24,25)26)27(6-2)18(13)22/h1,7-8H,6H2,2-4H3. The lowest BCUT2D eigenvalue weighted by atomic mass is 9.95. The molecule has 0 amide bonds. The van der Waals surface area contributed by atoms with Crippen LogP contribution in [-0.2, 0) is 22.4 Å². The number of hydrogen-bond donors (Lipinski definition) is 0. The quantitative estimate of drug-likeness (QED) is 0.200. The van der Waals surface area contributed by atoms with Crippen LogP contribution in [0.3, 0.4) is 0 Å². The van der Waals surface area contributed by atoms with Crippen LogP contribution in [0.5, 0.6) is 5.75 Å². The lowest BCUT2D eigenvalue weighted by molar-refractivity contribution is -0.210. The van der Waals surface area contributed by atoms with E-state index in [9.17, 15) is 18.0 Å². The maximum atomic E-state index is 15.4. The van der Waals surface area contributed by atoms with E-state index in [0.29, 0.717) is 4.57 Å². The molecule has 2 rings (SSSR count). The van der Waals surface area contributed by atoms with Crippen molar-refractivity contribution in [2.24, 2.45) is 0 Å². The van der Waals surface area contributed by atoms with E-state index in [1.807, 2.05) is 0 Å². The maximum absolute atomic E-state index is 15.4. The Balaban J connectivity index is 2.92. The first-order valence-electron chi connectivity index (χ1n) is 8.34. The van der Waals surface area contributed by atoms with Crippen LogP contribution in [0.1, 0.15) is 37.9 Å². The van der Waals surface area contributed by atoms with E-state index in [1.54, 1.807) is 0 Å². The summed E-state index contributed by atoms with van der Waals surface area (Å²) in [5.41, 5.74) is -2.38. The van der Waals surface area contributed by atoms with E-state index in [-0.39, 0.29) is 22.9 Å². The molecule has 1 aromatic heterocycles. The second-order valence-corrected chi connectivity index (χ2v) is 7.19. The molecule has 1 atom stereocenters. The van der Waals surface area contributed by atoms with Gasteiger partial charge in [0.25, 0.3) is 0 Å². The average Bonchev–Trinajstić information content (AvgIpc) is 2.91. The monoisotopic (exact) mass is 485 g/mol. The van der Waals surface area contributed by atoms with Crippen molar-refractivity contribution in [1.29, 1.82) is 0 Å². The molecule has 0 spiro atoms. The van der Waals surface area contributed by atoms with Crippen LogP contribution in [0.15, 0.2) is 6.07 Å². The van der Waals surface area contributed by atoms with Crippen molar-refractivity contribution in [2.75, 3.05) is 0 Å². The van der Waals surface area contributed by atoms with Gasteiger partial charge in [-0.2, -0.15) is 13.2 Å². The van der Waals surface area contributed by atoms with Gasteiger partial charge in [0.1, 0.15) is 16.7 Å². The highest BCUT2D eigenvalue weighted by molar-refractivity contribution is 6.40. The Morgan fingerprint density at radius 2 is 1.90 bits per heavy atom. The number of rotatable bonds is 5. The molecule has 0 N–H and O–H groups in total. The lowest BCUT2D eigenvalue weighted by Gasteiger charge is -2.16. The molecule has 1 aromatic carbocycles. The average molecular weight is 487 g/mol. The highest BCUT2D eigenvalue weighted by atomic mass is 35.5. The number of benzene rings is 1. The Kier molecular flexibility index (Phi) is 7.23. The summed E-state index contributed by atoms with van der Waals surface area (Å²) in [5, 5.41) is -1.58. The molecular formula is C19H14Cl3F4NO3. The Labute approximate surface area is 184 Å². The largest absolute Gasteiger partial charge is 0.432 e. The van der Waals surface area contributed by atoms with Crippen LogP contribution in [-0.4, -0.2) is 10.5 Å². The van der Waals surface area contributed by atoms with Crippen LogP contribution >= 0.6 is 34.8 Å². The molecule has 0 aliphatic rings. The van der Waals surface area contributed by atoms with E-state index in [0.717, 1.165) is 13.0 Å². The van der Waals surface area contributed by atoms with Gasteiger partial charge in [-0.15, -0.1) is 6.42 Å². The van der Waals surface area contributed by atoms with Crippen molar-refractivity contribution in [2.45, 2.75) is 39.4 Å². The fourth-order valence-corrected chi connectivity index (χ4v) is 3.99. The number of aromatic nitrogens is 1. The summed E-state index contributed by atoms with van der Waals surface area (Å²) < 4.78 is 56.7. The van der Waals surface area contributed by atoms with E-state index >= 15 is 4.39 Å². The molecule has 0 aliphatic carbocycles. The van der Waals surface area contributed by atoms with Gasteiger partial charge in [0.05, 0.1) is 10.0 Å². The SMILES string of the molecule is C#CC(C)c1c(F)c(-c2c(Cl)c(C(F)(F)F)n(CC)c2Cl)cc(OOC(C)=O)c1Cl. The molecule has 0 bridgehead atoms. The molecule has 0 aliphatic heterocycles. The van der Waals surface area contributed by atoms with E-state index in [4.69, 9.17) is 46.1 Å². The normalized spacial score (nSPS) is 12.4. The fraction of sp³-hybridized carbons (Fsp3) is 0.316. The molecule has 11 heteroatoms. The molecule has 1 unspecified atom stereocenters. The van der Waals surface area contributed by atoms with Gasteiger partial charge >= 0.3 is 12.1 Å². The first-order valence-corrected chi connectivity index (χ1v) is 9.48. The van der Waals surface area contributed by atoms with Crippen molar-refractivity contribution < 1.29 is 32.1 Å². The first kappa shape index (κ1) is 24.2. The summed E-state index contributed by atoms with van der Waals surface area (Å²) in [6.07, 6.45) is 0.506. The predicted molar refractivity (Wildman–Crippen MR) is 105 cm³/mol. The van der Waals surface area contributed by atoms with Gasteiger partial charge in [-0.1, -0.05) is 40.7 Å². The van der Waals surface area contributed by atoms with Crippen LogP contribution in [0.25, 0.3) is 11.1 Å². The summed E-state index contributed by atoms with van der Waals surface area (Å²) in [4.78, 5) is 20.3. The van der Waals surface area contributed by atoms with Crippen molar-refractivity contribution in [3.8, 4) is 29.2 Å². The van der Waals surface area contributed by atoms with Crippen molar-refractivity contribution in [3.05, 3.63) is 38.3 Å². The van der Waals surface area contributed by atoms with Crippen molar-refractivity contribution >= 4 is 40.8 Å². The smallest absolute Gasteiger partial charge is 0.327 e. The number of carbonyl (C=O) groups is 1. The van der Waals surface area contributed by atoms with Crippen LogP contribution in [0.4, 0.5) is 17.6 Å². The highest BCUT2D eigenvalue weighted by Crippen LogP contribution is 2.49. The Hall–Kier alpha value is -2.08. The zero-order valence-corrected chi connectivity index (χ0v) is 18.0. The summed E-state index contributed by atoms with van der Waals surface area (Å²) in [6, 6.07) is 0.931. The van der Waals surface area contributed by atoms with E-state index in [2.05, 4.69) is 10.8 Å². The Bertz CT molecular complexity index is 1040. The van der Waals surface area contributed by atoms with Crippen LogP contribution in [0, 0.1) is 18.2 Å². The van der Waals surface area contributed by atoms with Crippen molar-refractivity contribution in [1.82, 2.24) is 4.57 Å². The lowest BCUT2D eigenvalue weighted by Crippen LogP contribution is -2.13. The van der Waals surface area contributed by atoms with Gasteiger partial charge in [0.15, 0.2) is 5.75 Å². The fourth-order valence-electron chi connectivity index (χ4n) is 2.81. The molecular weight excluding hydrogens is 473 g/mol.